The van der Waals surface area contributed by atoms with Gasteiger partial charge in [0.05, 0.1) is 4.92 Å². The van der Waals surface area contributed by atoms with E-state index in [1.807, 2.05) is 0 Å². The highest BCUT2D eigenvalue weighted by atomic mass is 35.5. The van der Waals surface area contributed by atoms with Gasteiger partial charge in [0.2, 0.25) is 0 Å². The molecule has 2 heterocycles. The van der Waals surface area contributed by atoms with Gasteiger partial charge >= 0.3 is 0 Å². The van der Waals surface area contributed by atoms with Crippen molar-refractivity contribution in [3.63, 3.8) is 0 Å². The van der Waals surface area contributed by atoms with E-state index in [4.69, 9.17) is 11.6 Å². The standard InChI is InChI=1S/C13H16ClN3O2/c14-10-1-2-12(13(7-10)17(18)19)15-11-4-6-16-5-3-9(11)8-16/h1-2,7,9,11,15H,3-6,8H2. The Balaban J connectivity index is 1.81. The lowest BCUT2D eigenvalue weighted by Gasteiger charge is -2.31. The summed E-state index contributed by atoms with van der Waals surface area (Å²) in [4.78, 5) is 13.2. The van der Waals surface area contributed by atoms with Crippen molar-refractivity contribution in [3.05, 3.63) is 33.3 Å². The van der Waals surface area contributed by atoms with Crippen LogP contribution in [-0.2, 0) is 0 Å². The van der Waals surface area contributed by atoms with Gasteiger partial charge in [0.25, 0.3) is 5.69 Å². The molecule has 6 heteroatoms. The Hall–Kier alpha value is -1.33. The number of rotatable bonds is 3. The smallest absolute Gasteiger partial charge is 0.293 e. The number of hydrogen-bond donors (Lipinski definition) is 1. The lowest BCUT2D eigenvalue weighted by molar-refractivity contribution is -0.384. The molecule has 102 valence electrons. The van der Waals surface area contributed by atoms with Crippen molar-refractivity contribution in [1.82, 2.24) is 4.90 Å². The van der Waals surface area contributed by atoms with Crippen molar-refractivity contribution < 1.29 is 4.92 Å². The number of hydrogen-bond acceptors (Lipinski definition) is 4. The molecule has 0 saturated carbocycles. The molecule has 2 fully saturated rings. The normalized spacial score (nSPS) is 29.2. The van der Waals surface area contributed by atoms with Crippen LogP contribution in [0.1, 0.15) is 12.8 Å². The Morgan fingerprint density at radius 2 is 2.16 bits per heavy atom. The fraction of sp³-hybridized carbons (Fsp3) is 0.538. The van der Waals surface area contributed by atoms with E-state index < -0.39 is 0 Å². The van der Waals surface area contributed by atoms with Crippen molar-refractivity contribution in [2.45, 2.75) is 18.9 Å². The van der Waals surface area contributed by atoms with Gasteiger partial charge in [0.1, 0.15) is 5.69 Å². The van der Waals surface area contributed by atoms with Crippen LogP contribution in [0.25, 0.3) is 0 Å². The van der Waals surface area contributed by atoms with Crippen LogP contribution in [0.2, 0.25) is 5.02 Å². The van der Waals surface area contributed by atoms with Crippen molar-refractivity contribution in [3.8, 4) is 0 Å². The fourth-order valence-electron chi connectivity index (χ4n) is 3.12. The molecule has 3 rings (SSSR count). The average molecular weight is 282 g/mol. The van der Waals surface area contributed by atoms with Gasteiger partial charge in [-0.3, -0.25) is 10.1 Å². The zero-order chi connectivity index (χ0) is 13.4. The molecular formula is C13H16ClN3O2. The molecule has 3 unspecified atom stereocenters. The summed E-state index contributed by atoms with van der Waals surface area (Å²) in [6.07, 6.45) is 2.23. The average Bonchev–Trinajstić information content (AvgIpc) is 2.77. The fourth-order valence-corrected chi connectivity index (χ4v) is 3.29. The van der Waals surface area contributed by atoms with Gasteiger partial charge in [-0.1, -0.05) is 11.6 Å². The zero-order valence-corrected chi connectivity index (χ0v) is 11.3. The molecule has 0 spiro atoms. The van der Waals surface area contributed by atoms with Gasteiger partial charge in [-0.05, 0) is 37.4 Å². The molecule has 0 radical (unpaired) electrons. The third-order valence-corrected chi connectivity index (χ3v) is 4.37. The Labute approximate surface area is 116 Å². The minimum absolute atomic E-state index is 0.0629. The molecule has 0 aromatic heterocycles. The summed E-state index contributed by atoms with van der Waals surface area (Å²) in [5, 5.41) is 14.8. The second-order valence-corrected chi connectivity index (χ2v) is 5.74. The van der Waals surface area contributed by atoms with Crippen molar-refractivity contribution >= 4 is 23.0 Å². The number of nitrogens with zero attached hydrogens (tertiary/aromatic N) is 2. The molecule has 1 N–H and O–H groups in total. The van der Waals surface area contributed by atoms with Gasteiger partial charge in [-0.25, -0.2) is 0 Å². The lowest BCUT2D eigenvalue weighted by Crippen LogP contribution is -2.39. The number of halogens is 1. The molecule has 0 aliphatic carbocycles. The first-order valence-corrected chi connectivity index (χ1v) is 6.94. The van der Waals surface area contributed by atoms with E-state index in [-0.39, 0.29) is 10.6 Å². The molecular weight excluding hydrogens is 266 g/mol. The van der Waals surface area contributed by atoms with Crippen LogP contribution in [0.4, 0.5) is 11.4 Å². The quantitative estimate of drug-likeness (QED) is 0.684. The molecule has 2 aliphatic rings. The van der Waals surface area contributed by atoms with Crippen LogP contribution in [0.3, 0.4) is 0 Å². The summed E-state index contributed by atoms with van der Waals surface area (Å²) in [6.45, 7) is 3.35. The Kier molecular flexibility index (Phi) is 3.33. The van der Waals surface area contributed by atoms with Gasteiger partial charge in [0.15, 0.2) is 0 Å². The molecule has 0 amide bonds. The van der Waals surface area contributed by atoms with Gasteiger partial charge < -0.3 is 10.2 Å². The SMILES string of the molecule is O=[N+]([O-])c1cc(Cl)ccc1NC1CCN2CCC1C2. The molecule has 5 nitrogen and oxygen atoms in total. The third-order valence-electron chi connectivity index (χ3n) is 4.13. The number of nitro benzene ring substituents is 1. The number of anilines is 1. The van der Waals surface area contributed by atoms with E-state index in [9.17, 15) is 10.1 Å². The first-order chi connectivity index (χ1) is 9.13. The summed E-state index contributed by atoms with van der Waals surface area (Å²) in [5.41, 5.74) is 0.646. The van der Waals surface area contributed by atoms with E-state index >= 15 is 0 Å². The van der Waals surface area contributed by atoms with E-state index in [1.165, 1.54) is 12.5 Å². The third kappa shape index (κ3) is 2.53. The number of nitro groups is 1. The minimum Gasteiger partial charge on any atom is -0.376 e. The molecule has 2 bridgehead atoms. The first kappa shape index (κ1) is 12.7. The highest BCUT2D eigenvalue weighted by molar-refractivity contribution is 6.30. The lowest BCUT2D eigenvalue weighted by atomic mass is 9.94. The van der Waals surface area contributed by atoms with E-state index in [1.54, 1.807) is 12.1 Å². The van der Waals surface area contributed by atoms with Crippen LogP contribution in [0, 0.1) is 16.0 Å². The largest absolute Gasteiger partial charge is 0.376 e. The van der Waals surface area contributed by atoms with Gasteiger partial charge in [-0.15, -0.1) is 0 Å². The van der Waals surface area contributed by atoms with Crippen LogP contribution in [-0.4, -0.2) is 35.5 Å². The highest BCUT2D eigenvalue weighted by Crippen LogP contribution is 2.33. The molecule has 1 aromatic rings. The zero-order valence-electron chi connectivity index (χ0n) is 10.5. The Bertz CT molecular complexity index is 509. The Morgan fingerprint density at radius 3 is 2.95 bits per heavy atom. The van der Waals surface area contributed by atoms with Crippen molar-refractivity contribution in [2.75, 3.05) is 25.0 Å². The molecule has 1 aromatic carbocycles. The maximum atomic E-state index is 11.1. The highest BCUT2D eigenvalue weighted by Gasteiger charge is 2.34. The van der Waals surface area contributed by atoms with E-state index in [2.05, 4.69) is 10.2 Å². The van der Waals surface area contributed by atoms with Crippen LogP contribution < -0.4 is 5.32 Å². The van der Waals surface area contributed by atoms with E-state index in [0.29, 0.717) is 22.7 Å². The Morgan fingerprint density at radius 1 is 1.37 bits per heavy atom. The molecule has 2 saturated heterocycles. The number of piperidine rings is 1. The summed E-state index contributed by atoms with van der Waals surface area (Å²) >= 11 is 5.83. The summed E-state index contributed by atoms with van der Waals surface area (Å²) in [5.74, 6) is 0.601. The number of fused-ring (bicyclic) bond motifs is 2. The van der Waals surface area contributed by atoms with Crippen molar-refractivity contribution in [2.24, 2.45) is 5.92 Å². The topological polar surface area (TPSA) is 58.4 Å². The number of benzene rings is 1. The van der Waals surface area contributed by atoms with Crippen molar-refractivity contribution in [1.29, 1.82) is 0 Å². The monoisotopic (exact) mass is 281 g/mol. The minimum atomic E-state index is -0.377. The maximum absolute atomic E-state index is 11.1. The number of nitrogens with one attached hydrogen (secondary N) is 1. The maximum Gasteiger partial charge on any atom is 0.293 e. The van der Waals surface area contributed by atoms with Gasteiger partial charge in [0, 0.05) is 30.2 Å². The van der Waals surface area contributed by atoms with E-state index in [0.717, 1.165) is 26.1 Å². The predicted octanol–water partition coefficient (Wildman–Crippen LogP) is 2.75. The molecule has 2 aliphatic heterocycles. The predicted molar refractivity (Wildman–Crippen MR) is 74.7 cm³/mol. The summed E-state index contributed by atoms with van der Waals surface area (Å²) in [6, 6.07) is 5.15. The van der Waals surface area contributed by atoms with Crippen LogP contribution in [0.15, 0.2) is 18.2 Å². The van der Waals surface area contributed by atoms with Crippen LogP contribution >= 0.6 is 11.6 Å². The molecule has 3 atom stereocenters. The summed E-state index contributed by atoms with van der Waals surface area (Å²) < 4.78 is 0. The molecule has 19 heavy (non-hydrogen) atoms. The second-order valence-electron chi connectivity index (χ2n) is 5.31. The van der Waals surface area contributed by atoms with Gasteiger partial charge in [-0.2, -0.15) is 0 Å². The second kappa shape index (κ2) is 4.98. The van der Waals surface area contributed by atoms with Crippen LogP contribution in [0.5, 0.6) is 0 Å². The summed E-state index contributed by atoms with van der Waals surface area (Å²) in [7, 11) is 0. The first-order valence-electron chi connectivity index (χ1n) is 6.56.